The lowest BCUT2D eigenvalue weighted by Crippen LogP contribution is -1.93. The lowest BCUT2D eigenvalue weighted by molar-refractivity contribution is -0.137. The van der Waals surface area contributed by atoms with E-state index in [-0.39, 0.29) is 0 Å². The lowest BCUT2D eigenvalue weighted by atomic mass is 10.0. The summed E-state index contributed by atoms with van der Waals surface area (Å²) in [5.41, 5.74) is 1.34. The Hall–Kier alpha value is -1.38. The van der Waals surface area contributed by atoms with Gasteiger partial charge in [-0.1, -0.05) is 51.0 Å². The minimum Gasteiger partial charge on any atom is -0.481 e. The molecule has 0 saturated carbocycles. The number of rotatable bonds is 12. The van der Waals surface area contributed by atoms with E-state index in [1.54, 1.807) is 0 Å². The van der Waals surface area contributed by atoms with Crippen LogP contribution in [-0.4, -0.2) is 16.1 Å². The molecule has 0 aliphatic heterocycles. The summed E-state index contributed by atoms with van der Waals surface area (Å²) in [7, 11) is 0. The highest BCUT2D eigenvalue weighted by Crippen LogP contribution is 2.12. The minimum absolute atomic E-state index is 0.328. The summed E-state index contributed by atoms with van der Waals surface area (Å²) < 4.78 is 0. The maximum Gasteiger partial charge on any atom is 0.303 e. The van der Waals surface area contributed by atoms with Crippen molar-refractivity contribution in [3.05, 3.63) is 30.1 Å². The molecule has 0 bridgehead atoms. The first kappa shape index (κ1) is 16.7. The van der Waals surface area contributed by atoms with Crippen LogP contribution in [0.2, 0.25) is 0 Å². The molecule has 112 valence electrons. The number of aliphatic carboxylic acids is 1. The number of carboxylic acid groups (broad SMARTS) is 1. The second-order valence-corrected chi connectivity index (χ2v) is 5.44. The van der Waals surface area contributed by atoms with E-state index in [0.717, 1.165) is 19.3 Å². The van der Waals surface area contributed by atoms with E-state index in [9.17, 15) is 4.79 Å². The molecule has 0 aromatic carbocycles. The van der Waals surface area contributed by atoms with Crippen molar-refractivity contribution in [2.75, 3.05) is 0 Å². The van der Waals surface area contributed by atoms with E-state index in [1.165, 1.54) is 50.5 Å². The highest BCUT2D eigenvalue weighted by molar-refractivity contribution is 5.66. The van der Waals surface area contributed by atoms with Gasteiger partial charge in [-0.15, -0.1) is 0 Å². The van der Waals surface area contributed by atoms with E-state index in [1.807, 2.05) is 18.5 Å². The van der Waals surface area contributed by atoms with E-state index >= 15 is 0 Å². The maximum atomic E-state index is 10.3. The van der Waals surface area contributed by atoms with Gasteiger partial charge >= 0.3 is 5.97 Å². The van der Waals surface area contributed by atoms with Crippen molar-refractivity contribution in [2.24, 2.45) is 0 Å². The SMILES string of the molecule is O=C(O)CCCCCCCCCCCc1cccnc1. The van der Waals surface area contributed by atoms with Crippen molar-refractivity contribution in [1.29, 1.82) is 0 Å². The van der Waals surface area contributed by atoms with Gasteiger partial charge in [0.15, 0.2) is 0 Å². The van der Waals surface area contributed by atoms with E-state index in [2.05, 4.69) is 11.1 Å². The normalized spacial score (nSPS) is 10.6. The first-order valence-electron chi connectivity index (χ1n) is 7.90. The van der Waals surface area contributed by atoms with Crippen molar-refractivity contribution >= 4 is 5.97 Å². The maximum absolute atomic E-state index is 10.3. The Kier molecular flexibility index (Phi) is 9.54. The molecule has 0 unspecified atom stereocenters. The summed E-state index contributed by atoms with van der Waals surface area (Å²) in [6, 6.07) is 4.14. The van der Waals surface area contributed by atoms with Crippen molar-refractivity contribution in [3.63, 3.8) is 0 Å². The Morgan fingerprint density at radius 3 is 2.10 bits per heavy atom. The zero-order valence-electron chi connectivity index (χ0n) is 12.4. The van der Waals surface area contributed by atoms with Crippen LogP contribution in [0.25, 0.3) is 0 Å². The van der Waals surface area contributed by atoms with Crippen LogP contribution in [0.15, 0.2) is 24.5 Å². The van der Waals surface area contributed by atoms with Crippen LogP contribution in [0.3, 0.4) is 0 Å². The molecular weight excluding hydrogens is 250 g/mol. The van der Waals surface area contributed by atoms with E-state index in [0.29, 0.717) is 6.42 Å². The Labute approximate surface area is 122 Å². The highest BCUT2D eigenvalue weighted by atomic mass is 16.4. The molecule has 1 N–H and O–H groups in total. The standard InChI is InChI=1S/C17H27NO2/c19-17(20)13-9-7-5-3-1-2-4-6-8-11-16-12-10-14-18-15-16/h10,12,14-15H,1-9,11,13H2,(H,19,20). The fraction of sp³-hybridized carbons (Fsp3) is 0.647. The number of unbranched alkanes of at least 4 members (excludes halogenated alkanes) is 8. The van der Waals surface area contributed by atoms with Crippen molar-refractivity contribution in [1.82, 2.24) is 4.98 Å². The fourth-order valence-corrected chi connectivity index (χ4v) is 2.39. The molecule has 0 spiro atoms. The van der Waals surface area contributed by atoms with Crippen molar-refractivity contribution in [3.8, 4) is 0 Å². The van der Waals surface area contributed by atoms with Gasteiger partial charge in [0.2, 0.25) is 0 Å². The molecule has 20 heavy (non-hydrogen) atoms. The third-order valence-corrected chi connectivity index (χ3v) is 3.58. The van der Waals surface area contributed by atoms with Crippen LogP contribution < -0.4 is 0 Å². The summed E-state index contributed by atoms with van der Waals surface area (Å²) >= 11 is 0. The quantitative estimate of drug-likeness (QED) is 0.568. The molecule has 1 rings (SSSR count). The van der Waals surface area contributed by atoms with Crippen LogP contribution in [0.5, 0.6) is 0 Å². The lowest BCUT2D eigenvalue weighted by Gasteiger charge is -2.02. The molecule has 1 heterocycles. The molecule has 0 radical (unpaired) electrons. The van der Waals surface area contributed by atoms with Crippen LogP contribution >= 0.6 is 0 Å². The first-order valence-corrected chi connectivity index (χ1v) is 7.90. The Morgan fingerprint density at radius 1 is 0.950 bits per heavy atom. The molecule has 0 atom stereocenters. The Balaban J connectivity index is 1.80. The molecule has 3 heteroatoms. The number of hydrogen-bond donors (Lipinski definition) is 1. The average Bonchev–Trinajstić information content (AvgIpc) is 2.45. The van der Waals surface area contributed by atoms with E-state index in [4.69, 9.17) is 5.11 Å². The third kappa shape index (κ3) is 9.54. The minimum atomic E-state index is -0.668. The van der Waals surface area contributed by atoms with Crippen LogP contribution in [-0.2, 0) is 11.2 Å². The van der Waals surface area contributed by atoms with Gasteiger partial charge in [0.05, 0.1) is 0 Å². The molecule has 0 saturated heterocycles. The van der Waals surface area contributed by atoms with Gasteiger partial charge in [0.1, 0.15) is 0 Å². The number of carbonyl (C=O) groups is 1. The second-order valence-electron chi connectivity index (χ2n) is 5.44. The van der Waals surface area contributed by atoms with Gasteiger partial charge < -0.3 is 5.11 Å². The molecule has 0 fully saturated rings. The molecule has 3 nitrogen and oxygen atoms in total. The summed E-state index contributed by atoms with van der Waals surface area (Å²) in [4.78, 5) is 14.5. The molecule has 0 aliphatic carbocycles. The Bertz CT molecular complexity index is 351. The van der Waals surface area contributed by atoms with Crippen molar-refractivity contribution < 1.29 is 9.90 Å². The summed E-state index contributed by atoms with van der Waals surface area (Å²) in [6.07, 6.45) is 16.0. The molecule has 1 aromatic heterocycles. The monoisotopic (exact) mass is 277 g/mol. The Morgan fingerprint density at radius 2 is 1.55 bits per heavy atom. The van der Waals surface area contributed by atoms with Crippen LogP contribution in [0.4, 0.5) is 0 Å². The van der Waals surface area contributed by atoms with Gasteiger partial charge in [0.25, 0.3) is 0 Å². The number of aryl methyl sites for hydroxylation is 1. The average molecular weight is 277 g/mol. The summed E-state index contributed by atoms with van der Waals surface area (Å²) in [5.74, 6) is -0.668. The zero-order valence-corrected chi connectivity index (χ0v) is 12.4. The smallest absolute Gasteiger partial charge is 0.303 e. The fourth-order valence-electron chi connectivity index (χ4n) is 2.39. The number of aromatic nitrogens is 1. The number of nitrogens with zero attached hydrogens (tertiary/aromatic N) is 1. The summed E-state index contributed by atoms with van der Waals surface area (Å²) in [6.45, 7) is 0. The predicted molar refractivity (Wildman–Crippen MR) is 81.7 cm³/mol. The second kappa shape index (κ2) is 11.4. The van der Waals surface area contributed by atoms with Gasteiger partial charge in [-0.25, -0.2) is 0 Å². The third-order valence-electron chi connectivity index (χ3n) is 3.58. The number of hydrogen-bond acceptors (Lipinski definition) is 2. The number of pyridine rings is 1. The van der Waals surface area contributed by atoms with Gasteiger partial charge in [0, 0.05) is 18.8 Å². The predicted octanol–water partition coefficient (Wildman–Crippen LogP) is 4.61. The molecular formula is C17H27NO2. The van der Waals surface area contributed by atoms with Crippen molar-refractivity contribution in [2.45, 2.75) is 70.6 Å². The highest BCUT2D eigenvalue weighted by Gasteiger charge is 1.97. The van der Waals surface area contributed by atoms with Crippen LogP contribution in [0.1, 0.15) is 69.8 Å². The van der Waals surface area contributed by atoms with Gasteiger partial charge in [-0.3, -0.25) is 9.78 Å². The molecule has 0 aliphatic rings. The largest absolute Gasteiger partial charge is 0.481 e. The molecule has 1 aromatic rings. The number of carboxylic acids is 1. The summed E-state index contributed by atoms with van der Waals surface area (Å²) in [5, 5.41) is 8.52. The topological polar surface area (TPSA) is 50.2 Å². The van der Waals surface area contributed by atoms with Gasteiger partial charge in [-0.05, 0) is 30.9 Å². The van der Waals surface area contributed by atoms with E-state index < -0.39 is 5.97 Å². The van der Waals surface area contributed by atoms with Gasteiger partial charge in [-0.2, -0.15) is 0 Å². The molecule has 0 amide bonds. The zero-order chi connectivity index (χ0) is 14.5. The van der Waals surface area contributed by atoms with Crippen LogP contribution in [0, 0.1) is 0 Å². The first-order chi connectivity index (χ1) is 9.79.